The second-order valence-electron chi connectivity index (χ2n) is 18.8. The molecule has 2 amide bonds. The van der Waals surface area contributed by atoms with Gasteiger partial charge >= 0.3 is 12.4 Å². The highest BCUT2D eigenvalue weighted by molar-refractivity contribution is 6.09. The van der Waals surface area contributed by atoms with E-state index in [9.17, 15) is 45.5 Å². The van der Waals surface area contributed by atoms with Crippen LogP contribution in [0.2, 0.25) is 0 Å². The molecular formula is C65H61F6N3O6. The minimum absolute atomic E-state index is 0. The van der Waals surface area contributed by atoms with Crippen molar-refractivity contribution in [1.82, 2.24) is 16.4 Å². The Balaban J connectivity index is 0.000000255. The van der Waals surface area contributed by atoms with E-state index < -0.39 is 47.5 Å². The Labute approximate surface area is 461 Å². The van der Waals surface area contributed by atoms with Gasteiger partial charge in [0.25, 0.3) is 0 Å². The molecule has 0 aliphatic carbocycles. The molecule has 0 bridgehead atoms. The fraction of sp³-hybridized carbons (Fsp3) is 0.200. The topological polar surface area (TPSA) is 137 Å². The van der Waals surface area contributed by atoms with Gasteiger partial charge in [0.15, 0.2) is 11.6 Å². The zero-order chi connectivity index (χ0) is 56.5. The summed E-state index contributed by atoms with van der Waals surface area (Å²) >= 11 is 0. The zero-order valence-corrected chi connectivity index (χ0v) is 44.3. The predicted molar refractivity (Wildman–Crippen MR) is 297 cm³/mol. The molecule has 0 aliphatic heterocycles. The number of alkyl halides is 6. The van der Waals surface area contributed by atoms with Crippen molar-refractivity contribution in [2.24, 2.45) is 0 Å². The van der Waals surface area contributed by atoms with Gasteiger partial charge in [-0.2, -0.15) is 26.3 Å². The highest BCUT2D eigenvalue weighted by Gasteiger charge is 2.32. The van der Waals surface area contributed by atoms with E-state index in [4.69, 9.17) is 9.47 Å². The lowest BCUT2D eigenvalue weighted by molar-refractivity contribution is -0.138. The lowest BCUT2D eigenvalue weighted by atomic mass is 9.94. The van der Waals surface area contributed by atoms with Crippen LogP contribution in [0.15, 0.2) is 218 Å². The first-order chi connectivity index (χ1) is 37.8. The second-order valence-corrected chi connectivity index (χ2v) is 18.8. The maximum atomic E-state index is 13.3. The molecule has 8 aromatic carbocycles. The maximum absolute atomic E-state index is 13.3. The maximum Gasteiger partial charge on any atom is 0.416 e. The summed E-state index contributed by atoms with van der Waals surface area (Å²) < 4.78 is 89.8. The number of nitrogens with one attached hydrogen (secondary N) is 1. The monoisotopic (exact) mass is 1090 g/mol. The van der Waals surface area contributed by atoms with Gasteiger partial charge in [-0.3, -0.25) is 19.2 Å². The molecule has 0 heterocycles. The van der Waals surface area contributed by atoms with Gasteiger partial charge in [-0.1, -0.05) is 158 Å². The van der Waals surface area contributed by atoms with Gasteiger partial charge in [-0.05, 0) is 96.8 Å². The van der Waals surface area contributed by atoms with E-state index in [1.807, 2.05) is 97.1 Å². The number of carbonyl (C=O) groups is 4. The van der Waals surface area contributed by atoms with Crippen molar-refractivity contribution < 1.29 is 55.0 Å². The second kappa shape index (κ2) is 28.2. The smallest absolute Gasteiger partial charge is 0.416 e. The fourth-order valence-electron chi connectivity index (χ4n) is 8.63. The molecule has 0 spiro atoms. The number of ether oxygens (including phenoxy) is 2. The van der Waals surface area contributed by atoms with Crippen LogP contribution < -0.4 is 20.9 Å². The third-order valence-corrected chi connectivity index (χ3v) is 13.2. The van der Waals surface area contributed by atoms with Gasteiger partial charge in [0.05, 0.1) is 23.0 Å². The third-order valence-electron chi connectivity index (χ3n) is 13.2. The zero-order valence-electron chi connectivity index (χ0n) is 44.3. The lowest BCUT2D eigenvalue weighted by Gasteiger charge is -2.25. The van der Waals surface area contributed by atoms with Gasteiger partial charge in [0.2, 0.25) is 11.8 Å². The number of amides is 2. The highest BCUT2D eigenvalue weighted by Crippen LogP contribution is 2.34. The van der Waals surface area contributed by atoms with Crippen molar-refractivity contribution >= 4 is 23.4 Å². The van der Waals surface area contributed by atoms with E-state index in [0.717, 1.165) is 46.5 Å². The molecule has 0 radical (unpaired) electrons. The van der Waals surface area contributed by atoms with Crippen molar-refractivity contribution in [2.75, 3.05) is 20.1 Å². The molecule has 0 aromatic heterocycles. The van der Waals surface area contributed by atoms with E-state index in [1.165, 1.54) is 24.3 Å². The summed E-state index contributed by atoms with van der Waals surface area (Å²) in [6.07, 6.45) is -8.98. The summed E-state index contributed by atoms with van der Waals surface area (Å²) in [5.74, 6) is -0.927. The van der Waals surface area contributed by atoms with Crippen molar-refractivity contribution in [3.63, 3.8) is 0 Å². The van der Waals surface area contributed by atoms with Crippen LogP contribution >= 0.6 is 0 Å². The van der Waals surface area contributed by atoms with E-state index >= 15 is 0 Å². The fourth-order valence-corrected chi connectivity index (χ4v) is 8.63. The molecule has 9 nitrogen and oxygen atoms in total. The molecule has 8 rings (SSSR count). The molecular weight excluding hydrogens is 1030 g/mol. The van der Waals surface area contributed by atoms with Gasteiger partial charge < -0.3 is 25.8 Å². The quantitative estimate of drug-likeness (QED) is 0.0573. The third kappa shape index (κ3) is 16.8. The van der Waals surface area contributed by atoms with Crippen LogP contribution in [-0.4, -0.2) is 48.4 Å². The first-order valence-electron chi connectivity index (χ1n) is 25.6. The lowest BCUT2D eigenvalue weighted by Crippen LogP contribution is -2.32. The number of likely N-dealkylation sites (N-methyl/N-ethyl adjacent to an activating group) is 1. The molecule has 4 atom stereocenters. The van der Waals surface area contributed by atoms with Crippen LogP contribution in [0, 0.1) is 0 Å². The van der Waals surface area contributed by atoms with E-state index in [0.29, 0.717) is 53.1 Å². The Bertz CT molecular complexity index is 3250. The number of hydrogen-bond acceptors (Lipinski definition) is 7. The van der Waals surface area contributed by atoms with Crippen molar-refractivity contribution in [3.05, 3.63) is 274 Å². The Morgan fingerprint density at radius 3 is 1.20 bits per heavy atom. The van der Waals surface area contributed by atoms with Gasteiger partial charge in [-0.15, -0.1) is 0 Å². The van der Waals surface area contributed by atoms with Crippen LogP contribution in [0.1, 0.15) is 116 Å². The normalized spacial score (nSPS) is 12.7. The van der Waals surface area contributed by atoms with Crippen LogP contribution in [0.3, 0.4) is 0 Å². The van der Waals surface area contributed by atoms with Gasteiger partial charge in [-0.25, -0.2) is 0 Å². The number of carbonyl (C=O) groups excluding carboxylic acids is 4. The summed E-state index contributed by atoms with van der Waals surface area (Å²) in [5.41, 5.74) is 3.83. The van der Waals surface area contributed by atoms with Crippen molar-refractivity contribution in [1.29, 1.82) is 0 Å². The average Bonchev–Trinajstić information content (AvgIpc) is 3.48. The number of rotatable bonds is 20. The van der Waals surface area contributed by atoms with Crippen LogP contribution in [0.4, 0.5) is 26.3 Å². The Morgan fingerprint density at radius 2 is 0.800 bits per heavy atom. The molecule has 4 N–H and O–H groups in total. The SMILES string of the molecule is C[C@H](C(=O)N(C)CCC(Oc1ccc(C(F)(F)F)cc1)c1ccccc1)c1cccc(C(=O)c2ccccc2)c1.C[C@H](C(=O)NCC[C@@H](Oc1ccc(C(F)(F)F)cc1)c1ccccc1)c1cccc(C(=O)c2ccccc2)c1.N. The summed E-state index contributed by atoms with van der Waals surface area (Å²) in [4.78, 5) is 53.6. The van der Waals surface area contributed by atoms with Crippen molar-refractivity contribution in [3.8, 4) is 11.5 Å². The molecule has 414 valence electrons. The largest absolute Gasteiger partial charge is 0.486 e. The van der Waals surface area contributed by atoms with Crippen LogP contribution in [0.5, 0.6) is 11.5 Å². The molecule has 0 aliphatic rings. The van der Waals surface area contributed by atoms with E-state index in [2.05, 4.69) is 5.32 Å². The number of ketones is 2. The number of halogens is 6. The highest BCUT2D eigenvalue weighted by atomic mass is 19.4. The molecule has 0 saturated heterocycles. The van der Waals surface area contributed by atoms with Crippen molar-refractivity contribution in [2.45, 2.75) is 63.1 Å². The molecule has 1 unspecified atom stereocenters. The van der Waals surface area contributed by atoms with Gasteiger partial charge in [0, 0.05) is 55.2 Å². The molecule has 0 saturated carbocycles. The van der Waals surface area contributed by atoms with Gasteiger partial charge in [0.1, 0.15) is 23.7 Å². The summed E-state index contributed by atoms with van der Waals surface area (Å²) in [6.45, 7) is 4.21. The number of nitrogens with zero attached hydrogens (tertiary/aromatic N) is 1. The summed E-state index contributed by atoms with van der Waals surface area (Å²) in [6, 6.07) is 59.9. The van der Waals surface area contributed by atoms with E-state index in [-0.39, 0.29) is 36.1 Å². The molecule has 15 heteroatoms. The van der Waals surface area contributed by atoms with E-state index in [1.54, 1.807) is 98.6 Å². The van der Waals surface area contributed by atoms with Crippen LogP contribution in [0.25, 0.3) is 0 Å². The first kappa shape index (κ1) is 60.4. The minimum Gasteiger partial charge on any atom is -0.486 e. The Kier molecular flexibility index (Phi) is 21.3. The Morgan fingerprint density at radius 1 is 0.450 bits per heavy atom. The number of benzene rings is 8. The summed E-state index contributed by atoms with van der Waals surface area (Å²) in [5, 5.41) is 2.92. The minimum atomic E-state index is -4.43. The standard InChI is InChI=1S/C33H30F3NO3.C32H28F3NO3.H3N/c1-23(26-14-9-15-27(22-26)31(38)25-12-7-4-8-13-25)32(39)37(2)21-20-30(24-10-5-3-6-11-24)40-29-18-16-28(17-19-29)33(34,35)36;1-22(25-13-8-14-26(21-25)30(37)24-11-6-3-7-12-24)31(38)36-20-19-29(23-9-4-2-5-10-23)39-28-17-15-27(16-18-28)32(33,34)35;/h3-19,22-23,30H,20-21H2,1-2H3;2-18,21-22,29H,19-20H2,1H3,(H,36,38);1H3/t23-,30?;22-,29+;/m00./s1. The average molecular weight is 1090 g/mol. The molecule has 0 fully saturated rings. The first-order valence-corrected chi connectivity index (χ1v) is 25.6. The van der Waals surface area contributed by atoms with Crippen LogP contribution in [-0.2, 0) is 21.9 Å². The predicted octanol–water partition coefficient (Wildman–Crippen LogP) is 15.2. The molecule has 80 heavy (non-hydrogen) atoms. The summed E-state index contributed by atoms with van der Waals surface area (Å²) in [7, 11) is 1.71. The molecule has 8 aromatic rings. The number of hydrogen-bond donors (Lipinski definition) is 2. The Hall–Kier alpha value is -8.82.